The summed E-state index contributed by atoms with van der Waals surface area (Å²) < 4.78 is 5.79. The summed E-state index contributed by atoms with van der Waals surface area (Å²) in [7, 11) is 0. The van der Waals surface area contributed by atoms with Gasteiger partial charge < -0.3 is 9.84 Å². The molecule has 17 heavy (non-hydrogen) atoms. The molecule has 0 aromatic heterocycles. The van der Waals surface area contributed by atoms with Crippen molar-refractivity contribution >= 4 is 0 Å². The third kappa shape index (κ3) is 2.19. The van der Waals surface area contributed by atoms with Crippen LogP contribution in [0.25, 0.3) is 0 Å². The first kappa shape index (κ1) is 12.4. The van der Waals surface area contributed by atoms with Crippen molar-refractivity contribution in [2.24, 2.45) is 5.41 Å². The number of hydrogen-bond acceptors (Lipinski definition) is 2. The molecule has 0 aliphatic heterocycles. The molecule has 1 atom stereocenters. The molecule has 2 nitrogen and oxygen atoms in total. The van der Waals surface area contributed by atoms with Crippen molar-refractivity contribution in [3.05, 3.63) is 29.8 Å². The lowest BCUT2D eigenvalue weighted by atomic mass is 9.81. The van der Waals surface area contributed by atoms with Crippen LogP contribution in [0.5, 0.6) is 5.75 Å². The molecule has 0 spiro atoms. The second kappa shape index (κ2) is 4.02. The number of benzene rings is 1. The average molecular weight is 234 g/mol. The van der Waals surface area contributed by atoms with Crippen LogP contribution in [0.3, 0.4) is 0 Å². The second-order valence-corrected chi connectivity index (χ2v) is 5.80. The van der Waals surface area contributed by atoms with Crippen molar-refractivity contribution in [1.82, 2.24) is 0 Å². The third-order valence-electron chi connectivity index (χ3n) is 3.95. The number of rotatable bonds is 4. The van der Waals surface area contributed by atoms with Gasteiger partial charge in [0.15, 0.2) is 0 Å². The molecule has 2 heteroatoms. The number of hydrogen-bond donors (Lipinski definition) is 1. The zero-order valence-corrected chi connectivity index (χ0v) is 11.2. The summed E-state index contributed by atoms with van der Waals surface area (Å²) in [5.74, 6) is 0.806. The first-order chi connectivity index (χ1) is 7.87. The van der Waals surface area contributed by atoms with Crippen LogP contribution in [0.15, 0.2) is 24.3 Å². The van der Waals surface area contributed by atoms with Crippen molar-refractivity contribution in [2.45, 2.75) is 52.2 Å². The van der Waals surface area contributed by atoms with Gasteiger partial charge in [-0.3, -0.25) is 0 Å². The SMILES string of the molecule is CC(C)Oc1ccccc1C(C)(O)C1(C)CC1. The summed E-state index contributed by atoms with van der Waals surface area (Å²) in [6, 6.07) is 7.83. The molecule has 0 radical (unpaired) electrons. The van der Waals surface area contributed by atoms with Crippen molar-refractivity contribution in [3.8, 4) is 5.75 Å². The second-order valence-electron chi connectivity index (χ2n) is 5.80. The van der Waals surface area contributed by atoms with Gasteiger partial charge in [0.1, 0.15) is 5.75 Å². The van der Waals surface area contributed by atoms with E-state index in [4.69, 9.17) is 4.74 Å². The van der Waals surface area contributed by atoms with Gasteiger partial charge in [0, 0.05) is 11.0 Å². The zero-order chi connectivity index (χ0) is 12.7. The first-order valence-electron chi connectivity index (χ1n) is 6.35. The highest BCUT2D eigenvalue weighted by molar-refractivity contribution is 5.40. The molecule has 1 aromatic rings. The van der Waals surface area contributed by atoms with Crippen LogP contribution in [-0.4, -0.2) is 11.2 Å². The summed E-state index contributed by atoms with van der Waals surface area (Å²) in [5.41, 5.74) is 0.107. The van der Waals surface area contributed by atoms with Crippen molar-refractivity contribution in [3.63, 3.8) is 0 Å². The van der Waals surface area contributed by atoms with Gasteiger partial charge in [0.2, 0.25) is 0 Å². The Morgan fingerprint density at radius 1 is 1.29 bits per heavy atom. The summed E-state index contributed by atoms with van der Waals surface area (Å²) in [4.78, 5) is 0. The highest BCUT2D eigenvalue weighted by Crippen LogP contribution is 2.59. The predicted octanol–water partition coefficient (Wildman–Crippen LogP) is 3.48. The van der Waals surface area contributed by atoms with Gasteiger partial charge in [-0.2, -0.15) is 0 Å². The van der Waals surface area contributed by atoms with Gasteiger partial charge in [-0.1, -0.05) is 25.1 Å². The van der Waals surface area contributed by atoms with E-state index in [-0.39, 0.29) is 11.5 Å². The molecular formula is C15H22O2. The Bertz CT molecular complexity index is 403. The summed E-state index contributed by atoms with van der Waals surface area (Å²) >= 11 is 0. The molecule has 1 saturated carbocycles. The van der Waals surface area contributed by atoms with Crippen LogP contribution in [-0.2, 0) is 5.60 Å². The summed E-state index contributed by atoms with van der Waals surface area (Å²) in [6.45, 7) is 8.05. The molecule has 1 aliphatic rings. The van der Waals surface area contributed by atoms with E-state index in [9.17, 15) is 5.11 Å². The normalized spacial score (nSPS) is 21.1. The first-order valence-corrected chi connectivity index (χ1v) is 6.35. The maximum Gasteiger partial charge on any atom is 0.125 e. The maximum atomic E-state index is 10.8. The van der Waals surface area contributed by atoms with Gasteiger partial charge >= 0.3 is 0 Å². The van der Waals surface area contributed by atoms with Crippen LogP contribution in [0, 0.1) is 5.41 Å². The topological polar surface area (TPSA) is 29.5 Å². The van der Waals surface area contributed by atoms with E-state index in [2.05, 4.69) is 6.92 Å². The number of ether oxygens (including phenoxy) is 1. The van der Waals surface area contributed by atoms with E-state index >= 15 is 0 Å². The summed E-state index contributed by atoms with van der Waals surface area (Å²) in [6.07, 6.45) is 2.28. The molecule has 1 N–H and O–H groups in total. The lowest BCUT2D eigenvalue weighted by Gasteiger charge is -2.32. The third-order valence-corrected chi connectivity index (χ3v) is 3.95. The molecule has 0 heterocycles. The fraction of sp³-hybridized carbons (Fsp3) is 0.600. The van der Waals surface area contributed by atoms with Gasteiger partial charge in [0.25, 0.3) is 0 Å². The van der Waals surface area contributed by atoms with Crippen LogP contribution < -0.4 is 4.74 Å². The molecule has 0 saturated heterocycles. The van der Waals surface area contributed by atoms with Crippen LogP contribution in [0.4, 0.5) is 0 Å². The van der Waals surface area contributed by atoms with Crippen LogP contribution in [0.2, 0.25) is 0 Å². The molecule has 94 valence electrons. The van der Waals surface area contributed by atoms with E-state index < -0.39 is 5.60 Å². The lowest BCUT2D eigenvalue weighted by Crippen LogP contribution is -2.32. The standard InChI is InChI=1S/C15H22O2/c1-11(2)17-13-8-6-5-7-12(13)15(4,16)14(3)9-10-14/h5-8,11,16H,9-10H2,1-4H3. The van der Waals surface area contributed by atoms with E-state index in [0.29, 0.717) is 0 Å². The van der Waals surface area contributed by atoms with Gasteiger partial charge in [-0.25, -0.2) is 0 Å². The zero-order valence-electron chi connectivity index (χ0n) is 11.2. The minimum absolute atomic E-state index is 0.00342. The van der Waals surface area contributed by atoms with Crippen molar-refractivity contribution in [2.75, 3.05) is 0 Å². The summed E-state index contributed by atoms with van der Waals surface area (Å²) in [5, 5.41) is 10.8. The minimum atomic E-state index is -0.807. The predicted molar refractivity (Wildman–Crippen MR) is 69.1 cm³/mol. The fourth-order valence-corrected chi connectivity index (χ4v) is 2.22. The quantitative estimate of drug-likeness (QED) is 0.864. The van der Waals surface area contributed by atoms with E-state index in [1.54, 1.807) is 0 Å². The molecular weight excluding hydrogens is 212 g/mol. The molecule has 1 unspecified atom stereocenters. The molecule has 2 rings (SSSR count). The Morgan fingerprint density at radius 3 is 2.41 bits per heavy atom. The van der Waals surface area contributed by atoms with E-state index in [0.717, 1.165) is 24.2 Å². The monoisotopic (exact) mass is 234 g/mol. The largest absolute Gasteiger partial charge is 0.491 e. The highest BCUT2D eigenvalue weighted by atomic mass is 16.5. The number of aliphatic hydroxyl groups is 1. The van der Waals surface area contributed by atoms with Gasteiger partial charge in [-0.15, -0.1) is 0 Å². The molecule has 1 aliphatic carbocycles. The Balaban J connectivity index is 2.37. The smallest absolute Gasteiger partial charge is 0.125 e. The Labute approximate surface area is 104 Å². The van der Waals surface area contributed by atoms with Gasteiger partial charge in [-0.05, 0) is 39.7 Å². The van der Waals surface area contributed by atoms with E-state index in [1.165, 1.54) is 0 Å². The molecule has 1 fully saturated rings. The minimum Gasteiger partial charge on any atom is -0.491 e. The molecule has 0 amide bonds. The van der Waals surface area contributed by atoms with Crippen LogP contribution >= 0.6 is 0 Å². The molecule has 0 bridgehead atoms. The van der Waals surface area contributed by atoms with Gasteiger partial charge in [0.05, 0.1) is 11.7 Å². The Kier molecular flexibility index (Phi) is 2.94. The van der Waals surface area contributed by atoms with E-state index in [1.807, 2.05) is 45.0 Å². The van der Waals surface area contributed by atoms with Crippen molar-refractivity contribution < 1.29 is 9.84 Å². The maximum absolute atomic E-state index is 10.8. The van der Waals surface area contributed by atoms with Crippen LogP contribution in [0.1, 0.15) is 46.1 Å². The average Bonchev–Trinajstić information content (AvgIpc) is 2.98. The highest BCUT2D eigenvalue weighted by Gasteiger charge is 2.54. The van der Waals surface area contributed by atoms with Crippen molar-refractivity contribution in [1.29, 1.82) is 0 Å². The molecule has 1 aromatic carbocycles. The number of para-hydroxylation sites is 1. The Morgan fingerprint density at radius 2 is 1.88 bits per heavy atom. The lowest BCUT2D eigenvalue weighted by molar-refractivity contribution is -0.0155. The fourth-order valence-electron chi connectivity index (χ4n) is 2.22. The Hall–Kier alpha value is -1.02.